The highest BCUT2D eigenvalue weighted by molar-refractivity contribution is 7.90. The lowest BCUT2D eigenvalue weighted by Crippen LogP contribution is -2.20. The number of carbonyl (C=O) groups excluding carboxylic acids is 1. The maximum absolute atomic E-state index is 11.3. The molecule has 5 nitrogen and oxygen atoms in total. The van der Waals surface area contributed by atoms with Crippen LogP contribution in [0.5, 0.6) is 0 Å². The molecule has 0 aliphatic rings. The molecule has 0 radical (unpaired) electrons. The van der Waals surface area contributed by atoms with Gasteiger partial charge in [-0.15, -0.1) is 0 Å². The molecule has 1 aromatic carbocycles. The molecule has 1 rings (SSSR count). The van der Waals surface area contributed by atoms with Gasteiger partial charge in [-0.2, -0.15) is 0 Å². The molecule has 0 fully saturated rings. The summed E-state index contributed by atoms with van der Waals surface area (Å²) in [5.74, 6) is 0. The van der Waals surface area contributed by atoms with E-state index in [0.717, 1.165) is 6.26 Å². The van der Waals surface area contributed by atoms with E-state index in [1.54, 1.807) is 0 Å². The fraction of sp³-hybridized carbons (Fsp3) is 0.125. The van der Waals surface area contributed by atoms with Gasteiger partial charge in [0.05, 0.1) is 10.6 Å². The Hall–Kier alpha value is -1.27. The minimum absolute atomic E-state index is 0.0225. The van der Waals surface area contributed by atoms with E-state index in [2.05, 4.69) is 5.32 Å². The Labute approximate surface area is 92.1 Å². The largest absolute Gasteiger partial charge is 0.351 e. The van der Waals surface area contributed by atoms with E-state index >= 15 is 0 Å². The molecule has 2 amide bonds. The zero-order chi connectivity index (χ0) is 11.6. The molecule has 0 saturated carbocycles. The Balaban J connectivity index is 3.33. The third-order valence-electron chi connectivity index (χ3n) is 1.60. The first-order valence-electron chi connectivity index (χ1n) is 3.87. The van der Waals surface area contributed by atoms with Gasteiger partial charge in [-0.3, -0.25) is 0 Å². The van der Waals surface area contributed by atoms with Gasteiger partial charge < -0.3 is 11.1 Å². The summed E-state index contributed by atoms with van der Waals surface area (Å²) in [6, 6.07) is 3.21. The van der Waals surface area contributed by atoms with Crippen molar-refractivity contribution in [3.63, 3.8) is 0 Å². The van der Waals surface area contributed by atoms with Crippen LogP contribution in [0.1, 0.15) is 0 Å². The highest BCUT2D eigenvalue weighted by atomic mass is 35.5. The first-order valence-corrected chi connectivity index (χ1v) is 6.13. The first-order chi connectivity index (χ1) is 6.80. The van der Waals surface area contributed by atoms with Crippen molar-refractivity contribution in [3.05, 3.63) is 23.2 Å². The molecule has 7 heteroatoms. The van der Waals surface area contributed by atoms with E-state index < -0.39 is 15.9 Å². The number of primary amides is 1. The molecule has 0 heterocycles. The van der Waals surface area contributed by atoms with E-state index in [1.807, 2.05) is 0 Å². The maximum Gasteiger partial charge on any atom is 0.316 e. The molecule has 0 aliphatic heterocycles. The average molecular weight is 249 g/mol. The minimum atomic E-state index is -3.42. The second kappa shape index (κ2) is 4.08. The van der Waals surface area contributed by atoms with Crippen LogP contribution in [0.15, 0.2) is 23.1 Å². The summed E-state index contributed by atoms with van der Waals surface area (Å²) in [6.07, 6.45) is 1.03. The van der Waals surface area contributed by atoms with Crippen LogP contribution in [-0.4, -0.2) is 20.7 Å². The van der Waals surface area contributed by atoms with Gasteiger partial charge in [-0.05, 0) is 18.2 Å². The number of anilines is 1. The highest BCUT2D eigenvalue weighted by Gasteiger charge is 2.14. The quantitative estimate of drug-likeness (QED) is 0.825. The lowest BCUT2D eigenvalue weighted by Gasteiger charge is -2.07. The molecule has 0 saturated heterocycles. The number of nitrogens with one attached hydrogen (secondary N) is 1. The Kier molecular flexibility index (Phi) is 3.21. The molecule has 0 atom stereocenters. The molecule has 82 valence electrons. The standard InChI is InChI=1S/C8H9ClN2O3S/c1-15(13,14)7-3-2-5(9)4-6(7)11-8(10)12/h2-4H,1H3,(H3,10,11,12). The molecule has 1 aromatic rings. The number of halogens is 1. The normalized spacial score (nSPS) is 11.1. The molecule has 0 unspecified atom stereocenters. The van der Waals surface area contributed by atoms with Gasteiger partial charge in [0.1, 0.15) is 0 Å². The van der Waals surface area contributed by atoms with Crippen molar-refractivity contribution in [1.29, 1.82) is 0 Å². The van der Waals surface area contributed by atoms with Crippen molar-refractivity contribution in [2.24, 2.45) is 5.73 Å². The van der Waals surface area contributed by atoms with Crippen LogP contribution >= 0.6 is 11.6 Å². The number of sulfone groups is 1. The molecular formula is C8H9ClN2O3S. The van der Waals surface area contributed by atoms with Gasteiger partial charge in [0.2, 0.25) is 0 Å². The van der Waals surface area contributed by atoms with Crippen LogP contribution in [0.25, 0.3) is 0 Å². The lowest BCUT2D eigenvalue weighted by molar-refractivity contribution is 0.259. The second-order valence-electron chi connectivity index (χ2n) is 2.90. The van der Waals surface area contributed by atoms with Crippen molar-refractivity contribution >= 4 is 33.2 Å². The van der Waals surface area contributed by atoms with Gasteiger partial charge >= 0.3 is 6.03 Å². The Morgan fingerprint density at radius 2 is 2.07 bits per heavy atom. The summed E-state index contributed by atoms with van der Waals surface area (Å²) < 4.78 is 22.6. The van der Waals surface area contributed by atoms with Gasteiger partial charge in [0.25, 0.3) is 0 Å². The maximum atomic E-state index is 11.3. The summed E-state index contributed by atoms with van der Waals surface area (Å²) in [4.78, 5) is 10.6. The van der Waals surface area contributed by atoms with E-state index in [1.165, 1.54) is 18.2 Å². The smallest absolute Gasteiger partial charge is 0.316 e. The summed E-state index contributed by atoms with van der Waals surface area (Å²) in [7, 11) is -3.42. The minimum Gasteiger partial charge on any atom is -0.351 e. The Bertz CT molecular complexity index is 499. The number of amides is 2. The molecule has 0 spiro atoms. The third kappa shape index (κ3) is 3.10. The first kappa shape index (κ1) is 11.8. The van der Waals surface area contributed by atoms with Crippen molar-refractivity contribution in [2.45, 2.75) is 4.90 Å². The average Bonchev–Trinajstić information content (AvgIpc) is 1.99. The third-order valence-corrected chi connectivity index (χ3v) is 2.99. The lowest BCUT2D eigenvalue weighted by atomic mass is 10.3. The van der Waals surface area contributed by atoms with Crippen molar-refractivity contribution in [2.75, 3.05) is 11.6 Å². The number of benzene rings is 1. The number of nitrogens with two attached hydrogens (primary N) is 1. The fourth-order valence-electron chi connectivity index (χ4n) is 1.06. The van der Waals surface area contributed by atoms with Gasteiger partial charge in [-0.25, -0.2) is 13.2 Å². The Morgan fingerprint density at radius 3 is 2.53 bits per heavy atom. The highest BCUT2D eigenvalue weighted by Crippen LogP contribution is 2.24. The number of hydrogen-bond donors (Lipinski definition) is 2. The van der Waals surface area contributed by atoms with Crippen molar-refractivity contribution in [3.8, 4) is 0 Å². The number of urea groups is 1. The molecule has 3 N–H and O–H groups in total. The summed E-state index contributed by atoms with van der Waals surface area (Å²) >= 11 is 5.66. The summed E-state index contributed by atoms with van der Waals surface area (Å²) in [6.45, 7) is 0. The van der Waals surface area contributed by atoms with E-state index in [0.29, 0.717) is 5.02 Å². The summed E-state index contributed by atoms with van der Waals surface area (Å²) in [5, 5.41) is 2.51. The Morgan fingerprint density at radius 1 is 1.47 bits per heavy atom. The van der Waals surface area contributed by atoms with Gasteiger partial charge in [0.15, 0.2) is 9.84 Å². The topological polar surface area (TPSA) is 89.3 Å². The molecule has 15 heavy (non-hydrogen) atoms. The number of rotatable bonds is 2. The fourth-order valence-corrected chi connectivity index (χ4v) is 2.05. The van der Waals surface area contributed by atoms with Crippen LogP contribution in [0.2, 0.25) is 5.02 Å². The second-order valence-corrected chi connectivity index (χ2v) is 5.32. The molecule has 0 bridgehead atoms. The van der Waals surface area contributed by atoms with Crippen LogP contribution in [-0.2, 0) is 9.84 Å². The monoisotopic (exact) mass is 248 g/mol. The van der Waals surface area contributed by atoms with Crippen molar-refractivity contribution < 1.29 is 13.2 Å². The predicted molar refractivity (Wildman–Crippen MR) is 57.8 cm³/mol. The van der Waals surface area contributed by atoms with E-state index in [4.69, 9.17) is 17.3 Å². The molecule has 0 aromatic heterocycles. The van der Waals surface area contributed by atoms with Crippen LogP contribution < -0.4 is 11.1 Å². The van der Waals surface area contributed by atoms with Crippen LogP contribution in [0, 0.1) is 0 Å². The SMILES string of the molecule is CS(=O)(=O)c1ccc(Cl)cc1NC(N)=O. The predicted octanol–water partition coefficient (Wildman–Crippen LogP) is 1.23. The van der Waals surface area contributed by atoms with Gasteiger partial charge in [0, 0.05) is 11.3 Å². The van der Waals surface area contributed by atoms with Crippen LogP contribution in [0.3, 0.4) is 0 Å². The number of carbonyl (C=O) groups is 1. The van der Waals surface area contributed by atoms with E-state index in [9.17, 15) is 13.2 Å². The molecular weight excluding hydrogens is 240 g/mol. The molecule has 0 aliphatic carbocycles. The zero-order valence-corrected chi connectivity index (χ0v) is 9.39. The van der Waals surface area contributed by atoms with Crippen LogP contribution in [0.4, 0.5) is 10.5 Å². The van der Waals surface area contributed by atoms with Gasteiger partial charge in [-0.1, -0.05) is 11.6 Å². The van der Waals surface area contributed by atoms with E-state index in [-0.39, 0.29) is 10.6 Å². The zero-order valence-electron chi connectivity index (χ0n) is 7.82. The summed E-state index contributed by atoms with van der Waals surface area (Å²) in [5.41, 5.74) is 4.98. The van der Waals surface area contributed by atoms with Crippen molar-refractivity contribution in [1.82, 2.24) is 0 Å². The number of hydrogen-bond acceptors (Lipinski definition) is 3.